The lowest BCUT2D eigenvalue weighted by molar-refractivity contribution is 0.168. The molecule has 1 saturated carbocycles. The third kappa shape index (κ3) is 2.79. The molecule has 2 heterocycles. The maximum atomic E-state index is 3.66. The van der Waals surface area contributed by atoms with Gasteiger partial charge in [0.2, 0.25) is 0 Å². The molecule has 1 N–H and O–H groups in total. The summed E-state index contributed by atoms with van der Waals surface area (Å²) >= 11 is 1.92. The first kappa shape index (κ1) is 12.6. The zero-order valence-electron chi connectivity index (χ0n) is 11.3. The Hall–Kier alpha value is -0.380. The third-order valence-corrected chi connectivity index (χ3v) is 5.24. The molecule has 0 amide bonds. The SMILES string of the molecule is CCC(c1cccs1)N(CC1CCCN1)C1CC1. The molecule has 1 aliphatic carbocycles. The van der Waals surface area contributed by atoms with E-state index in [1.165, 1.54) is 45.2 Å². The highest BCUT2D eigenvalue weighted by Crippen LogP contribution is 2.38. The molecule has 3 heteroatoms. The van der Waals surface area contributed by atoms with Crippen LogP contribution in [0.3, 0.4) is 0 Å². The predicted octanol–water partition coefficient (Wildman–Crippen LogP) is 3.42. The zero-order chi connectivity index (χ0) is 12.4. The first-order chi connectivity index (χ1) is 8.88. The number of nitrogens with one attached hydrogen (secondary N) is 1. The van der Waals surface area contributed by atoms with Gasteiger partial charge in [-0.2, -0.15) is 0 Å². The quantitative estimate of drug-likeness (QED) is 0.847. The first-order valence-corrected chi connectivity index (χ1v) is 8.29. The van der Waals surface area contributed by atoms with Crippen LogP contribution in [0.1, 0.15) is 49.9 Å². The molecule has 3 rings (SSSR count). The number of rotatable bonds is 6. The molecule has 0 spiro atoms. The molecule has 0 aromatic carbocycles. The second-order valence-corrected chi connectivity index (χ2v) is 6.64. The number of hydrogen-bond acceptors (Lipinski definition) is 3. The monoisotopic (exact) mass is 264 g/mol. The van der Waals surface area contributed by atoms with Crippen LogP contribution >= 0.6 is 11.3 Å². The molecule has 1 saturated heterocycles. The second-order valence-electron chi connectivity index (χ2n) is 5.66. The Morgan fingerprint density at radius 3 is 2.89 bits per heavy atom. The Morgan fingerprint density at radius 1 is 1.44 bits per heavy atom. The number of hydrogen-bond donors (Lipinski definition) is 1. The van der Waals surface area contributed by atoms with Gasteiger partial charge in [0, 0.05) is 29.5 Å². The summed E-state index contributed by atoms with van der Waals surface area (Å²) in [7, 11) is 0. The van der Waals surface area contributed by atoms with Gasteiger partial charge in [0.1, 0.15) is 0 Å². The van der Waals surface area contributed by atoms with Crippen molar-refractivity contribution < 1.29 is 0 Å². The van der Waals surface area contributed by atoms with Gasteiger partial charge in [-0.25, -0.2) is 0 Å². The predicted molar refractivity (Wildman–Crippen MR) is 78.1 cm³/mol. The van der Waals surface area contributed by atoms with E-state index in [9.17, 15) is 0 Å². The minimum absolute atomic E-state index is 0.653. The summed E-state index contributed by atoms with van der Waals surface area (Å²) in [6.45, 7) is 4.81. The fraction of sp³-hybridized carbons (Fsp3) is 0.733. The zero-order valence-corrected chi connectivity index (χ0v) is 12.1. The molecule has 100 valence electrons. The maximum absolute atomic E-state index is 3.66. The summed E-state index contributed by atoms with van der Waals surface area (Å²) in [4.78, 5) is 4.34. The summed E-state index contributed by atoms with van der Waals surface area (Å²) in [5.41, 5.74) is 0. The van der Waals surface area contributed by atoms with Crippen LogP contribution < -0.4 is 5.32 Å². The summed E-state index contributed by atoms with van der Waals surface area (Å²) in [5.74, 6) is 0. The molecule has 1 aliphatic heterocycles. The van der Waals surface area contributed by atoms with Crippen LogP contribution in [0.4, 0.5) is 0 Å². The summed E-state index contributed by atoms with van der Waals surface area (Å²) < 4.78 is 0. The van der Waals surface area contributed by atoms with Gasteiger partial charge in [-0.1, -0.05) is 13.0 Å². The van der Waals surface area contributed by atoms with E-state index >= 15 is 0 Å². The van der Waals surface area contributed by atoms with Gasteiger partial charge in [-0.05, 0) is 50.1 Å². The highest BCUT2D eigenvalue weighted by Gasteiger charge is 2.35. The molecular formula is C15H24N2S. The van der Waals surface area contributed by atoms with Crippen LogP contribution in [0.5, 0.6) is 0 Å². The summed E-state index contributed by atoms with van der Waals surface area (Å²) in [6.07, 6.45) is 6.79. The first-order valence-electron chi connectivity index (χ1n) is 7.41. The van der Waals surface area contributed by atoms with Crippen molar-refractivity contribution in [2.24, 2.45) is 0 Å². The Morgan fingerprint density at radius 2 is 2.33 bits per heavy atom. The lowest BCUT2D eigenvalue weighted by Gasteiger charge is -2.32. The average molecular weight is 264 g/mol. The Labute approximate surface area is 114 Å². The second kappa shape index (κ2) is 5.72. The number of nitrogens with zero attached hydrogens (tertiary/aromatic N) is 1. The summed E-state index contributed by atoms with van der Waals surface area (Å²) in [6, 6.07) is 6.76. The van der Waals surface area contributed by atoms with Crippen LogP contribution in [0, 0.1) is 0 Å². The van der Waals surface area contributed by atoms with Crippen molar-refractivity contribution in [2.45, 2.75) is 57.2 Å². The smallest absolute Gasteiger partial charge is 0.0442 e. The third-order valence-electron chi connectivity index (χ3n) is 4.27. The van der Waals surface area contributed by atoms with Gasteiger partial charge in [-0.15, -0.1) is 11.3 Å². The Bertz CT molecular complexity index is 353. The molecule has 18 heavy (non-hydrogen) atoms. The van der Waals surface area contributed by atoms with Crippen molar-refractivity contribution in [1.82, 2.24) is 10.2 Å². The maximum Gasteiger partial charge on any atom is 0.0442 e. The average Bonchev–Trinajstić information content (AvgIpc) is 2.89. The molecule has 0 bridgehead atoms. The highest BCUT2D eigenvalue weighted by atomic mass is 32.1. The van der Waals surface area contributed by atoms with Crippen LogP contribution in [-0.2, 0) is 0 Å². The van der Waals surface area contributed by atoms with Gasteiger partial charge < -0.3 is 5.32 Å². The molecule has 2 fully saturated rings. The van der Waals surface area contributed by atoms with Gasteiger partial charge in [-0.3, -0.25) is 4.90 Å². The van der Waals surface area contributed by atoms with Gasteiger partial charge in [0.25, 0.3) is 0 Å². The van der Waals surface area contributed by atoms with Crippen LogP contribution in [-0.4, -0.2) is 30.1 Å². The van der Waals surface area contributed by atoms with Crippen LogP contribution in [0.2, 0.25) is 0 Å². The lowest BCUT2D eigenvalue weighted by atomic mass is 10.1. The van der Waals surface area contributed by atoms with E-state index in [1.54, 1.807) is 4.88 Å². The minimum atomic E-state index is 0.653. The van der Waals surface area contributed by atoms with Crippen molar-refractivity contribution in [3.05, 3.63) is 22.4 Å². The van der Waals surface area contributed by atoms with Crippen LogP contribution in [0.15, 0.2) is 17.5 Å². The molecular weight excluding hydrogens is 240 g/mol. The lowest BCUT2D eigenvalue weighted by Crippen LogP contribution is -2.40. The van der Waals surface area contributed by atoms with Crippen LogP contribution in [0.25, 0.3) is 0 Å². The van der Waals surface area contributed by atoms with Gasteiger partial charge in [0.05, 0.1) is 0 Å². The molecule has 2 unspecified atom stereocenters. The van der Waals surface area contributed by atoms with E-state index < -0.39 is 0 Å². The van der Waals surface area contributed by atoms with Gasteiger partial charge >= 0.3 is 0 Å². The van der Waals surface area contributed by atoms with E-state index in [0.29, 0.717) is 6.04 Å². The Kier molecular flexibility index (Phi) is 4.02. The van der Waals surface area contributed by atoms with E-state index in [2.05, 4.69) is 34.7 Å². The largest absolute Gasteiger partial charge is 0.313 e. The molecule has 1 aromatic rings. The Balaban J connectivity index is 1.70. The number of thiophene rings is 1. The molecule has 1 aromatic heterocycles. The van der Waals surface area contributed by atoms with E-state index in [4.69, 9.17) is 0 Å². The minimum Gasteiger partial charge on any atom is -0.313 e. The van der Waals surface area contributed by atoms with Crippen molar-refractivity contribution in [3.63, 3.8) is 0 Å². The van der Waals surface area contributed by atoms with Crippen molar-refractivity contribution >= 4 is 11.3 Å². The van der Waals surface area contributed by atoms with Crippen molar-refractivity contribution in [1.29, 1.82) is 0 Å². The van der Waals surface area contributed by atoms with Crippen molar-refractivity contribution in [3.8, 4) is 0 Å². The molecule has 2 aliphatic rings. The summed E-state index contributed by atoms with van der Waals surface area (Å²) in [5, 5.41) is 5.87. The molecule has 0 radical (unpaired) electrons. The topological polar surface area (TPSA) is 15.3 Å². The van der Waals surface area contributed by atoms with E-state index in [1.807, 2.05) is 11.3 Å². The standard InChI is InChI=1S/C15H24N2S/c1-2-14(15-6-4-10-18-15)17(13-7-8-13)11-12-5-3-9-16-12/h4,6,10,12-14,16H,2-3,5,7-9,11H2,1H3. The van der Waals surface area contributed by atoms with E-state index in [0.717, 1.165) is 12.1 Å². The molecule has 2 nitrogen and oxygen atoms in total. The normalized spacial score (nSPS) is 25.8. The van der Waals surface area contributed by atoms with E-state index in [-0.39, 0.29) is 0 Å². The fourth-order valence-electron chi connectivity index (χ4n) is 3.18. The highest BCUT2D eigenvalue weighted by molar-refractivity contribution is 7.10. The van der Waals surface area contributed by atoms with Crippen molar-refractivity contribution in [2.75, 3.05) is 13.1 Å². The fourth-order valence-corrected chi connectivity index (χ4v) is 4.11. The molecule has 2 atom stereocenters. The van der Waals surface area contributed by atoms with Gasteiger partial charge in [0.15, 0.2) is 0 Å².